The minimum absolute atomic E-state index is 0.573. The van der Waals surface area contributed by atoms with Crippen molar-refractivity contribution < 1.29 is 0 Å². The highest BCUT2D eigenvalue weighted by atomic mass is 32.1. The third kappa shape index (κ3) is 4.49. The average molecular weight is 369 g/mol. The maximum Gasteiger partial charge on any atom is 0.171 e. The van der Waals surface area contributed by atoms with Crippen LogP contribution in [0.2, 0.25) is 0 Å². The molecule has 0 aliphatic heterocycles. The van der Waals surface area contributed by atoms with Crippen molar-refractivity contribution in [3.05, 3.63) is 65.2 Å². The first-order valence-electron chi connectivity index (χ1n) is 8.69. The normalized spacial score (nSPS) is 10.7. The molecule has 3 rings (SSSR count). The Bertz CT molecular complexity index is 878. The fourth-order valence-electron chi connectivity index (χ4n) is 2.72. The van der Waals surface area contributed by atoms with Crippen molar-refractivity contribution in [1.29, 1.82) is 0 Å². The highest BCUT2D eigenvalue weighted by Gasteiger charge is 2.06. The van der Waals surface area contributed by atoms with Gasteiger partial charge in [0.1, 0.15) is 0 Å². The Labute approximate surface area is 159 Å². The molecule has 0 fully saturated rings. The van der Waals surface area contributed by atoms with Crippen molar-refractivity contribution in [2.75, 3.05) is 5.32 Å². The maximum atomic E-state index is 5.38. The molecule has 0 amide bonds. The number of benzene rings is 1. The summed E-state index contributed by atoms with van der Waals surface area (Å²) in [6.45, 7) is 8.49. The third-order valence-electron chi connectivity index (χ3n) is 4.30. The van der Waals surface area contributed by atoms with E-state index in [0.717, 1.165) is 30.0 Å². The van der Waals surface area contributed by atoms with E-state index in [1.165, 1.54) is 11.1 Å². The number of aromatic nitrogens is 4. The number of nitrogens with one attached hydrogen (secondary N) is 2. The molecule has 0 bridgehead atoms. The van der Waals surface area contributed by atoms with Crippen LogP contribution in [0.15, 0.2) is 42.9 Å². The zero-order valence-electron chi connectivity index (χ0n) is 15.4. The first kappa shape index (κ1) is 18.1. The molecule has 2 aromatic heterocycles. The fourth-order valence-corrected chi connectivity index (χ4v) is 2.91. The molecule has 3 aromatic rings. The van der Waals surface area contributed by atoms with Gasteiger partial charge in [-0.05, 0) is 38.6 Å². The van der Waals surface area contributed by atoms with Crippen LogP contribution >= 0.6 is 12.2 Å². The second-order valence-corrected chi connectivity index (χ2v) is 6.70. The van der Waals surface area contributed by atoms with Crippen LogP contribution < -0.4 is 10.6 Å². The quantitative estimate of drug-likeness (QED) is 0.654. The van der Waals surface area contributed by atoms with Crippen LogP contribution in [0.1, 0.15) is 29.3 Å². The number of aryl methyl sites for hydroxylation is 2. The number of thiocarbonyl (C=S) groups is 1. The Morgan fingerprint density at radius 3 is 2.58 bits per heavy atom. The predicted molar refractivity (Wildman–Crippen MR) is 108 cm³/mol. The number of hydrogen-bond donors (Lipinski definition) is 2. The van der Waals surface area contributed by atoms with Crippen molar-refractivity contribution in [2.24, 2.45) is 0 Å². The van der Waals surface area contributed by atoms with Crippen molar-refractivity contribution in [3.8, 4) is 0 Å². The van der Waals surface area contributed by atoms with Gasteiger partial charge >= 0.3 is 0 Å². The largest absolute Gasteiger partial charge is 0.358 e. The van der Waals surface area contributed by atoms with Gasteiger partial charge in [-0.1, -0.05) is 29.8 Å². The van der Waals surface area contributed by atoms with Gasteiger partial charge in [0.05, 0.1) is 24.6 Å². The van der Waals surface area contributed by atoms with Crippen LogP contribution in [0.5, 0.6) is 0 Å². The molecule has 1 aromatic carbocycles. The zero-order chi connectivity index (χ0) is 18.5. The molecule has 0 spiro atoms. The predicted octanol–water partition coefficient (Wildman–Crippen LogP) is 3.25. The zero-order valence-corrected chi connectivity index (χ0v) is 16.2. The Morgan fingerprint density at radius 2 is 1.88 bits per heavy atom. The molecule has 7 heteroatoms. The molecular weight excluding hydrogens is 344 g/mol. The number of hydrogen-bond acceptors (Lipinski definition) is 3. The van der Waals surface area contributed by atoms with Gasteiger partial charge in [-0.15, -0.1) is 0 Å². The monoisotopic (exact) mass is 368 g/mol. The van der Waals surface area contributed by atoms with Gasteiger partial charge in [0.25, 0.3) is 0 Å². The van der Waals surface area contributed by atoms with Gasteiger partial charge in [0, 0.05) is 30.5 Å². The summed E-state index contributed by atoms with van der Waals surface area (Å²) in [5.74, 6) is 0. The van der Waals surface area contributed by atoms with Crippen LogP contribution in [0.3, 0.4) is 0 Å². The molecule has 0 aliphatic carbocycles. The van der Waals surface area contributed by atoms with Crippen molar-refractivity contribution in [1.82, 2.24) is 24.9 Å². The lowest BCUT2D eigenvalue weighted by atomic mass is 10.1. The highest BCUT2D eigenvalue weighted by Crippen LogP contribution is 2.10. The molecule has 2 N–H and O–H groups in total. The lowest BCUT2D eigenvalue weighted by Crippen LogP contribution is -2.27. The lowest BCUT2D eigenvalue weighted by molar-refractivity contribution is 0.638. The topological polar surface area (TPSA) is 59.7 Å². The summed E-state index contributed by atoms with van der Waals surface area (Å²) >= 11 is 5.38. The Balaban J connectivity index is 1.52. The van der Waals surface area contributed by atoms with Crippen molar-refractivity contribution in [2.45, 2.75) is 40.4 Å². The van der Waals surface area contributed by atoms with Gasteiger partial charge < -0.3 is 10.6 Å². The fraction of sp³-hybridized carbons (Fsp3) is 0.316. The van der Waals surface area contributed by atoms with E-state index in [-0.39, 0.29) is 0 Å². The SMILES string of the molecule is CCn1ncc(CNC(=S)Nc2cnn(Cc3ccc(C)cc3)c2)c1C. The van der Waals surface area contributed by atoms with Gasteiger partial charge in [0.2, 0.25) is 0 Å². The minimum atomic E-state index is 0.573. The highest BCUT2D eigenvalue weighted by molar-refractivity contribution is 7.80. The van der Waals surface area contributed by atoms with Crippen LogP contribution in [-0.4, -0.2) is 24.7 Å². The maximum absolute atomic E-state index is 5.38. The second-order valence-electron chi connectivity index (χ2n) is 6.29. The molecule has 2 heterocycles. The van der Waals surface area contributed by atoms with E-state index in [2.05, 4.69) is 65.9 Å². The van der Waals surface area contributed by atoms with Crippen LogP contribution in [0.4, 0.5) is 5.69 Å². The molecule has 0 aliphatic rings. The Morgan fingerprint density at radius 1 is 1.12 bits per heavy atom. The summed E-state index contributed by atoms with van der Waals surface area (Å²) in [6, 6.07) is 8.46. The number of rotatable bonds is 6. The first-order chi connectivity index (χ1) is 12.5. The van der Waals surface area contributed by atoms with Crippen molar-refractivity contribution >= 4 is 23.0 Å². The average Bonchev–Trinajstić information content (AvgIpc) is 3.21. The van der Waals surface area contributed by atoms with Gasteiger partial charge in [-0.3, -0.25) is 9.36 Å². The minimum Gasteiger partial charge on any atom is -0.358 e. The third-order valence-corrected chi connectivity index (χ3v) is 4.55. The first-order valence-corrected chi connectivity index (χ1v) is 9.10. The summed E-state index contributed by atoms with van der Waals surface area (Å²) in [5.41, 5.74) is 5.65. The second kappa shape index (κ2) is 8.14. The molecule has 0 atom stereocenters. The summed E-state index contributed by atoms with van der Waals surface area (Å²) in [4.78, 5) is 0. The lowest BCUT2D eigenvalue weighted by Gasteiger charge is -2.09. The van der Waals surface area contributed by atoms with Gasteiger partial charge in [-0.2, -0.15) is 10.2 Å². The van der Waals surface area contributed by atoms with E-state index in [1.54, 1.807) is 6.20 Å². The van der Waals surface area contributed by atoms with E-state index in [4.69, 9.17) is 12.2 Å². The molecule has 0 saturated heterocycles. The van der Waals surface area contributed by atoms with E-state index in [9.17, 15) is 0 Å². The van der Waals surface area contributed by atoms with Crippen LogP contribution in [0, 0.1) is 13.8 Å². The standard InChI is InChI=1S/C19H24N6S/c1-4-25-15(3)17(10-22-25)9-20-19(26)23-18-11-21-24(13-18)12-16-7-5-14(2)6-8-16/h5-8,10-11,13H,4,9,12H2,1-3H3,(H2,20,23,26). The molecule has 0 radical (unpaired) electrons. The Hall–Kier alpha value is -2.67. The Kier molecular flexibility index (Phi) is 5.68. The van der Waals surface area contributed by atoms with Crippen LogP contribution in [-0.2, 0) is 19.6 Å². The number of nitrogens with zero attached hydrogens (tertiary/aromatic N) is 4. The van der Waals surface area contributed by atoms with E-state index in [1.807, 2.05) is 21.8 Å². The summed E-state index contributed by atoms with van der Waals surface area (Å²) in [5, 5.41) is 15.7. The smallest absolute Gasteiger partial charge is 0.171 e. The van der Waals surface area contributed by atoms with Crippen molar-refractivity contribution in [3.63, 3.8) is 0 Å². The van der Waals surface area contributed by atoms with Crippen LogP contribution in [0.25, 0.3) is 0 Å². The molecule has 0 unspecified atom stereocenters. The molecule has 26 heavy (non-hydrogen) atoms. The number of anilines is 1. The molecule has 0 saturated carbocycles. The van der Waals surface area contributed by atoms with E-state index in [0.29, 0.717) is 11.7 Å². The van der Waals surface area contributed by atoms with E-state index >= 15 is 0 Å². The molecule has 136 valence electrons. The summed E-state index contributed by atoms with van der Waals surface area (Å²) < 4.78 is 3.87. The van der Waals surface area contributed by atoms with Gasteiger partial charge in [-0.25, -0.2) is 0 Å². The molecular formula is C19H24N6S. The summed E-state index contributed by atoms with van der Waals surface area (Å²) in [7, 11) is 0. The van der Waals surface area contributed by atoms with Gasteiger partial charge in [0.15, 0.2) is 5.11 Å². The van der Waals surface area contributed by atoms with E-state index < -0.39 is 0 Å². The molecule has 6 nitrogen and oxygen atoms in total. The summed E-state index contributed by atoms with van der Waals surface area (Å²) in [6.07, 6.45) is 5.62.